The van der Waals surface area contributed by atoms with Gasteiger partial charge in [-0.1, -0.05) is 182 Å². The number of furan rings is 1. The Kier molecular flexibility index (Phi) is 8.87. The molecule has 0 bridgehead atoms. The van der Waals surface area contributed by atoms with Crippen LogP contribution >= 0.6 is 0 Å². The van der Waals surface area contributed by atoms with Gasteiger partial charge in [-0.25, -0.2) is 0 Å². The van der Waals surface area contributed by atoms with Crippen molar-refractivity contribution in [2.24, 2.45) is 0 Å². The van der Waals surface area contributed by atoms with E-state index in [2.05, 4.69) is 241 Å². The molecule has 60 heavy (non-hydrogen) atoms. The standard InChI is InChI=1S/C58H39NO/c1-4-12-40(13-5-1)43-20-22-46(23-21-43)48-30-37-53-56-39-55(52-18-10-11-19-54(52)58(56)60-57(53)38-48)47-28-35-51(36-29-47)59(49-31-24-44(25-32-49)41-14-6-2-7-15-41)50-33-26-45(27-34-50)42-16-8-3-9-17-42/h1-39H. The molecule has 0 N–H and O–H groups in total. The third-order valence-electron chi connectivity index (χ3n) is 11.7. The zero-order valence-electron chi connectivity index (χ0n) is 32.9. The molecular weight excluding hydrogens is 727 g/mol. The van der Waals surface area contributed by atoms with Gasteiger partial charge >= 0.3 is 0 Å². The van der Waals surface area contributed by atoms with Crippen LogP contribution in [0, 0.1) is 0 Å². The number of hydrogen-bond donors (Lipinski definition) is 0. The van der Waals surface area contributed by atoms with Gasteiger partial charge in [-0.05, 0) is 116 Å². The van der Waals surface area contributed by atoms with E-state index in [1.165, 1.54) is 44.3 Å². The molecule has 11 aromatic rings. The van der Waals surface area contributed by atoms with E-state index in [9.17, 15) is 0 Å². The zero-order chi connectivity index (χ0) is 39.8. The van der Waals surface area contributed by atoms with E-state index in [0.29, 0.717) is 0 Å². The molecule has 1 aromatic heterocycles. The van der Waals surface area contributed by atoms with Crippen LogP contribution in [0.15, 0.2) is 241 Å². The summed E-state index contributed by atoms with van der Waals surface area (Å²) in [5, 5.41) is 4.51. The molecule has 0 saturated carbocycles. The van der Waals surface area contributed by atoms with Crippen LogP contribution in [0.25, 0.3) is 88.3 Å². The molecule has 10 aromatic carbocycles. The second-order valence-corrected chi connectivity index (χ2v) is 15.3. The lowest BCUT2D eigenvalue weighted by atomic mass is 9.94. The van der Waals surface area contributed by atoms with Crippen molar-refractivity contribution in [2.75, 3.05) is 4.90 Å². The molecule has 2 heteroatoms. The van der Waals surface area contributed by atoms with E-state index in [0.717, 1.165) is 61.1 Å². The van der Waals surface area contributed by atoms with Crippen LogP contribution in [0.2, 0.25) is 0 Å². The molecule has 0 atom stereocenters. The van der Waals surface area contributed by atoms with Gasteiger partial charge in [0.2, 0.25) is 0 Å². The smallest absolute Gasteiger partial charge is 0.143 e. The maximum atomic E-state index is 6.73. The van der Waals surface area contributed by atoms with Crippen LogP contribution in [0.5, 0.6) is 0 Å². The van der Waals surface area contributed by atoms with Gasteiger partial charge in [0.1, 0.15) is 11.2 Å². The Morgan fingerprint density at radius 3 is 1.10 bits per heavy atom. The quantitative estimate of drug-likeness (QED) is 0.153. The van der Waals surface area contributed by atoms with E-state index < -0.39 is 0 Å². The van der Waals surface area contributed by atoms with Crippen LogP contribution in [0.1, 0.15) is 0 Å². The molecule has 2 nitrogen and oxygen atoms in total. The van der Waals surface area contributed by atoms with Crippen LogP contribution in [-0.4, -0.2) is 0 Å². The van der Waals surface area contributed by atoms with E-state index in [1.807, 2.05) is 0 Å². The molecule has 0 amide bonds. The first-order valence-corrected chi connectivity index (χ1v) is 20.5. The van der Waals surface area contributed by atoms with E-state index in [-0.39, 0.29) is 0 Å². The second-order valence-electron chi connectivity index (χ2n) is 15.3. The molecule has 0 spiro atoms. The van der Waals surface area contributed by atoms with Gasteiger partial charge in [0, 0.05) is 33.2 Å². The van der Waals surface area contributed by atoms with E-state index in [4.69, 9.17) is 4.42 Å². The minimum absolute atomic E-state index is 0.888. The Morgan fingerprint density at radius 2 is 0.617 bits per heavy atom. The fourth-order valence-corrected chi connectivity index (χ4v) is 8.61. The van der Waals surface area contributed by atoms with Crippen LogP contribution in [0.4, 0.5) is 17.1 Å². The van der Waals surface area contributed by atoms with Crippen LogP contribution in [0.3, 0.4) is 0 Å². The minimum atomic E-state index is 0.888. The van der Waals surface area contributed by atoms with Crippen molar-refractivity contribution in [2.45, 2.75) is 0 Å². The van der Waals surface area contributed by atoms with Crippen molar-refractivity contribution in [3.05, 3.63) is 237 Å². The van der Waals surface area contributed by atoms with Gasteiger partial charge < -0.3 is 9.32 Å². The number of hydrogen-bond acceptors (Lipinski definition) is 2. The van der Waals surface area contributed by atoms with Crippen molar-refractivity contribution in [3.8, 4) is 55.6 Å². The van der Waals surface area contributed by atoms with Gasteiger partial charge in [0.25, 0.3) is 0 Å². The molecule has 0 aliphatic heterocycles. The van der Waals surface area contributed by atoms with E-state index in [1.54, 1.807) is 0 Å². The third-order valence-corrected chi connectivity index (χ3v) is 11.7. The molecule has 0 fully saturated rings. The summed E-state index contributed by atoms with van der Waals surface area (Å²) in [6.45, 7) is 0. The second kappa shape index (κ2) is 15.1. The first-order valence-electron chi connectivity index (χ1n) is 20.5. The largest absolute Gasteiger partial charge is 0.455 e. The third kappa shape index (κ3) is 6.51. The Balaban J connectivity index is 0.968. The highest BCUT2D eigenvalue weighted by molar-refractivity contribution is 6.19. The van der Waals surface area contributed by atoms with E-state index >= 15 is 0 Å². The fraction of sp³-hybridized carbons (Fsp3) is 0. The molecule has 0 aliphatic rings. The van der Waals surface area contributed by atoms with Crippen molar-refractivity contribution in [1.29, 1.82) is 0 Å². The highest BCUT2D eigenvalue weighted by atomic mass is 16.3. The summed E-state index contributed by atoms with van der Waals surface area (Å²) < 4.78 is 6.73. The van der Waals surface area contributed by atoms with Gasteiger partial charge in [0.15, 0.2) is 0 Å². The Hall–Kier alpha value is -7.94. The Labute approximate surface area is 349 Å². The SMILES string of the molecule is c1ccc(-c2ccc(-c3ccc4c(c3)oc3c5ccccc5c(-c5ccc(N(c6ccc(-c7ccccc7)cc6)c6ccc(-c7ccccc7)cc6)cc5)cc43)cc2)cc1. The summed E-state index contributed by atoms with van der Waals surface area (Å²) in [5.41, 5.74) is 16.9. The zero-order valence-corrected chi connectivity index (χ0v) is 32.9. The summed E-state index contributed by atoms with van der Waals surface area (Å²) >= 11 is 0. The summed E-state index contributed by atoms with van der Waals surface area (Å²) in [4.78, 5) is 2.34. The lowest BCUT2D eigenvalue weighted by molar-refractivity contribution is 0.673. The fourth-order valence-electron chi connectivity index (χ4n) is 8.61. The first kappa shape index (κ1) is 35.2. The molecule has 11 rings (SSSR count). The highest BCUT2D eigenvalue weighted by Gasteiger charge is 2.18. The maximum Gasteiger partial charge on any atom is 0.143 e. The molecule has 0 radical (unpaired) electrons. The Morgan fingerprint density at radius 1 is 0.250 bits per heavy atom. The average molecular weight is 766 g/mol. The predicted molar refractivity (Wildman–Crippen MR) is 253 cm³/mol. The minimum Gasteiger partial charge on any atom is -0.455 e. The first-order chi connectivity index (χ1) is 29.7. The molecule has 0 saturated heterocycles. The van der Waals surface area contributed by atoms with Crippen molar-refractivity contribution in [3.63, 3.8) is 0 Å². The molecule has 0 aliphatic carbocycles. The van der Waals surface area contributed by atoms with Gasteiger partial charge in [-0.3, -0.25) is 0 Å². The molecule has 0 unspecified atom stereocenters. The van der Waals surface area contributed by atoms with Crippen LogP contribution in [-0.2, 0) is 0 Å². The van der Waals surface area contributed by atoms with Crippen LogP contribution < -0.4 is 4.90 Å². The van der Waals surface area contributed by atoms with Crippen molar-refractivity contribution < 1.29 is 4.42 Å². The number of benzene rings is 10. The molecule has 1 heterocycles. The summed E-state index contributed by atoms with van der Waals surface area (Å²) in [6.07, 6.45) is 0. The lowest BCUT2D eigenvalue weighted by Crippen LogP contribution is -2.09. The number of anilines is 3. The Bertz CT molecular complexity index is 3160. The van der Waals surface area contributed by atoms with Gasteiger partial charge in [-0.2, -0.15) is 0 Å². The van der Waals surface area contributed by atoms with Crippen molar-refractivity contribution in [1.82, 2.24) is 0 Å². The predicted octanol–water partition coefficient (Wildman–Crippen LogP) is 16.5. The number of fused-ring (bicyclic) bond motifs is 5. The topological polar surface area (TPSA) is 16.4 Å². The monoisotopic (exact) mass is 765 g/mol. The number of rotatable bonds is 8. The maximum absolute atomic E-state index is 6.73. The van der Waals surface area contributed by atoms with Crippen molar-refractivity contribution >= 4 is 49.8 Å². The number of nitrogens with zero attached hydrogens (tertiary/aromatic N) is 1. The normalized spacial score (nSPS) is 11.3. The average Bonchev–Trinajstić information content (AvgIpc) is 3.71. The van der Waals surface area contributed by atoms with Gasteiger partial charge in [-0.15, -0.1) is 0 Å². The molecule has 282 valence electrons. The highest BCUT2D eigenvalue weighted by Crippen LogP contribution is 2.43. The lowest BCUT2D eigenvalue weighted by Gasteiger charge is -2.26. The van der Waals surface area contributed by atoms with Gasteiger partial charge in [0.05, 0.1) is 0 Å². The summed E-state index contributed by atoms with van der Waals surface area (Å²) in [7, 11) is 0. The molecular formula is C58H39NO. The summed E-state index contributed by atoms with van der Waals surface area (Å²) in [5.74, 6) is 0. The summed E-state index contributed by atoms with van der Waals surface area (Å²) in [6, 6.07) is 84.7.